The molecule has 0 amide bonds. The number of hydrogen-bond donors (Lipinski definition) is 0. The summed E-state index contributed by atoms with van der Waals surface area (Å²) in [6, 6.07) is 7.82. The molecule has 76 valence electrons. The van der Waals surface area contributed by atoms with Crippen LogP contribution in [0.25, 0.3) is 10.2 Å². The van der Waals surface area contributed by atoms with Gasteiger partial charge in [0.25, 0.3) is 0 Å². The summed E-state index contributed by atoms with van der Waals surface area (Å²) in [6.07, 6.45) is 1.02. The van der Waals surface area contributed by atoms with E-state index in [2.05, 4.69) is 24.9 Å². The van der Waals surface area contributed by atoms with Crippen LogP contribution in [0.1, 0.15) is 24.4 Å². The molecule has 15 heavy (non-hydrogen) atoms. The average molecular weight is 216 g/mol. The molecule has 0 aliphatic carbocycles. The highest BCUT2D eigenvalue weighted by molar-refractivity contribution is 7.18. The zero-order valence-corrected chi connectivity index (χ0v) is 9.64. The molecule has 2 aromatic rings. The minimum Gasteiger partial charge on any atom is -0.241 e. The van der Waals surface area contributed by atoms with Crippen LogP contribution in [0, 0.1) is 17.2 Å². The van der Waals surface area contributed by atoms with Crippen molar-refractivity contribution in [2.75, 3.05) is 0 Å². The summed E-state index contributed by atoms with van der Waals surface area (Å²) in [5, 5.41) is 9.94. The van der Waals surface area contributed by atoms with E-state index in [4.69, 9.17) is 5.26 Å². The van der Waals surface area contributed by atoms with Crippen molar-refractivity contribution in [3.8, 4) is 6.07 Å². The zero-order chi connectivity index (χ0) is 10.8. The molecule has 0 N–H and O–H groups in total. The lowest BCUT2D eigenvalue weighted by Gasteiger charge is -1.97. The van der Waals surface area contributed by atoms with E-state index < -0.39 is 0 Å². The van der Waals surface area contributed by atoms with E-state index in [9.17, 15) is 0 Å². The zero-order valence-electron chi connectivity index (χ0n) is 8.82. The van der Waals surface area contributed by atoms with Crippen molar-refractivity contribution in [1.82, 2.24) is 4.98 Å². The standard InChI is InChI=1S/C12H12N2S/c1-8(2)5-12-14-10-6-9(7-13)3-4-11(10)15-12/h3-4,6,8H,5H2,1-2H3. The van der Waals surface area contributed by atoms with Crippen LogP contribution in [-0.4, -0.2) is 4.98 Å². The molecular formula is C12H12N2S. The second kappa shape index (κ2) is 4.00. The molecule has 1 aromatic heterocycles. The first-order chi connectivity index (χ1) is 7.19. The van der Waals surface area contributed by atoms with E-state index in [1.54, 1.807) is 11.3 Å². The number of nitriles is 1. The van der Waals surface area contributed by atoms with Gasteiger partial charge in [-0.3, -0.25) is 0 Å². The van der Waals surface area contributed by atoms with Crippen molar-refractivity contribution in [2.24, 2.45) is 5.92 Å². The highest BCUT2D eigenvalue weighted by Crippen LogP contribution is 2.24. The van der Waals surface area contributed by atoms with E-state index in [-0.39, 0.29) is 0 Å². The van der Waals surface area contributed by atoms with Crippen LogP contribution in [0.3, 0.4) is 0 Å². The van der Waals surface area contributed by atoms with Crippen molar-refractivity contribution in [2.45, 2.75) is 20.3 Å². The fourth-order valence-corrected chi connectivity index (χ4v) is 2.64. The van der Waals surface area contributed by atoms with Gasteiger partial charge >= 0.3 is 0 Å². The molecule has 0 unspecified atom stereocenters. The van der Waals surface area contributed by atoms with Crippen molar-refractivity contribution in [1.29, 1.82) is 5.26 Å². The lowest BCUT2D eigenvalue weighted by molar-refractivity contribution is 0.645. The van der Waals surface area contributed by atoms with Crippen LogP contribution in [0.4, 0.5) is 0 Å². The van der Waals surface area contributed by atoms with Crippen LogP contribution in [-0.2, 0) is 6.42 Å². The van der Waals surface area contributed by atoms with Gasteiger partial charge in [-0.25, -0.2) is 4.98 Å². The number of hydrogen-bond acceptors (Lipinski definition) is 3. The first-order valence-corrected chi connectivity index (χ1v) is 5.80. The molecule has 0 spiro atoms. The van der Waals surface area contributed by atoms with E-state index >= 15 is 0 Å². The fourth-order valence-electron chi connectivity index (χ4n) is 1.48. The van der Waals surface area contributed by atoms with Crippen LogP contribution >= 0.6 is 11.3 Å². The van der Waals surface area contributed by atoms with Gasteiger partial charge in [-0.2, -0.15) is 5.26 Å². The van der Waals surface area contributed by atoms with E-state index in [1.165, 1.54) is 4.70 Å². The Kier molecular flexibility index (Phi) is 2.70. The Morgan fingerprint density at radius 1 is 1.47 bits per heavy atom. The van der Waals surface area contributed by atoms with Gasteiger partial charge in [-0.05, 0) is 24.1 Å². The van der Waals surface area contributed by atoms with Crippen LogP contribution in [0.5, 0.6) is 0 Å². The minimum atomic E-state index is 0.626. The first kappa shape index (κ1) is 10.1. The summed E-state index contributed by atoms with van der Waals surface area (Å²) in [6.45, 7) is 4.37. The Morgan fingerprint density at radius 3 is 2.93 bits per heavy atom. The largest absolute Gasteiger partial charge is 0.241 e. The molecule has 0 saturated heterocycles. The Bertz CT molecular complexity index is 520. The van der Waals surface area contributed by atoms with Crippen molar-refractivity contribution in [3.63, 3.8) is 0 Å². The van der Waals surface area contributed by atoms with Crippen LogP contribution in [0.15, 0.2) is 18.2 Å². The van der Waals surface area contributed by atoms with Gasteiger partial charge in [0.2, 0.25) is 0 Å². The lowest BCUT2D eigenvalue weighted by Crippen LogP contribution is -1.91. The Labute approximate surface area is 93.2 Å². The number of benzene rings is 1. The van der Waals surface area contributed by atoms with E-state index in [1.807, 2.05) is 18.2 Å². The monoisotopic (exact) mass is 216 g/mol. The number of rotatable bonds is 2. The molecule has 0 aliphatic heterocycles. The van der Waals surface area contributed by atoms with Gasteiger partial charge in [0.05, 0.1) is 26.9 Å². The van der Waals surface area contributed by atoms with Gasteiger partial charge in [0.15, 0.2) is 0 Å². The third kappa shape index (κ3) is 2.16. The molecule has 0 saturated carbocycles. The number of fused-ring (bicyclic) bond motifs is 1. The molecular weight excluding hydrogens is 204 g/mol. The fraction of sp³-hybridized carbons (Fsp3) is 0.333. The molecule has 0 bridgehead atoms. The predicted molar refractivity (Wildman–Crippen MR) is 62.9 cm³/mol. The minimum absolute atomic E-state index is 0.626. The molecule has 1 heterocycles. The van der Waals surface area contributed by atoms with Crippen LogP contribution in [0.2, 0.25) is 0 Å². The summed E-state index contributed by atoms with van der Waals surface area (Å²) in [7, 11) is 0. The Morgan fingerprint density at radius 2 is 2.27 bits per heavy atom. The summed E-state index contributed by atoms with van der Waals surface area (Å²) in [5.74, 6) is 0.626. The maximum Gasteiger partial charge on any atom is 0.0992 e. The number of aromatic nitrogens is 1. The second-order valence-corrected chi connectivity index (χ2v) is 5.12. The van der Waals surface area contributed by atoms with Crippen LogP contribution < -0.4 is 0 Å². The van der Waals surface area contributed by atoms with Crippen molar-refractivity contribution in [3.05, 3.63) is 28.8 Å². The van der Waals surface area contributed by atoms with E-state index in [0.717, 1.165) is 16.9 Å². The second-order valence-electron chi connectivity index (χ2n) is 4.00. The predicted octanol–water partition coefficient (Wildman–Crippen LogP) is 3.37. The molecule has 0 fully saturated rings. The lowest BCUT2D eigenvalue weighted by atomic mass is 10.1. The first-order valence-electron chi connectivity index (χ1n) is 4.98. The molecule has 0 radical (unpaired) electrons. The van der Waals surface area contributed by atoms with Gasteiger partial charge in [-0.15, -0.1) is 11.3 Å². The summed E-state index contributed by atoms with van der Waals surface area (Å²) in [4.78, 5) is 4.53. The third-order valence-corrected chi connectivity index (χ3v) is 3.20. The summed E-state index contributed by atoms with van der Waals surface area (Å²) >= 11 is 1.72. The van der Waals surface area contributed by atoms with E-state index in [0.29, 0.717) is 11.5 Å². The highest BCUT2D eigenvalue weighted by Gasteiger charge is 2.06. The molecule has 0 atom stereocenters. The molecule has 3 heteroatoms. The molecule has 2 rings (SSSR count). The van der Waals surface area contributed by atoms with Gasteiger partial charge in [-0.1, -0.05) is 13.8 Å². The summed E-state index contributed by atoms with van der Waals surface area (Å²) < 4.78 is 1.17. The van der Waals surface area contributed by atoms with Crippen molar-refractivity contribution < 1.29 is 0 Å². The average Bonchev–Trinajstić information content (AvgIpc) is 2.57. The molecule has 1 aromatic carbocycles. The maximum absolute atomic E-state index is 8.77. The quantitative estimate of drug-likeness (QED) is 0.771. The SMILES string of the molecule is CC(C)Cc1nc2cc(C#N)ccc2s1. The van der Waals surface area contributed by atoms with Crippen molar-refractivity contribution >= 4 is 21.6 Å². The summed E-state index contributed by atoms with van der Waals surface area (Å²) in [5.41, 5.74) is 1.64. The molecule has 0 aliphatic rings. The Hall–Kier alpha value is -1.40. The van der Waals surface area contributed by atoms with Gasteiger partial charge in [0.1, 0.15) is 0 Å². The number of nitrogens with zero attached hydrogens (tertiary/aromatic N) is 2. The highest BCUT2D eigenvalue weighted by atomic mass is 32.1. The topological polar surface area (TPSA) is 36.7 Å². The third-order valence-electron chi connectivity index (χ3n) is 2.14. The normalized spacial score (nSPS) is 10.8. The smallest absolute Gasteiger partial charge is 0.0992 e. The maximum atomic E-state index is 8.77. The molecule has 2 nitrogen and oxygen atoms in total. The van der Waals surface area contributed by atoms with Gasteiger partial charge in [0, 0.05) is 6.42 Å². The Balaban J connectivity index is 2.43. The number of thiazole rings is 1. The van der Waals surface area contributed by atoms with Gasteiger partial charge < -0.3 is 0 Å².